The lowest BCUT2D eigenvalue weighted by molar-refractivity contribution is -0.119. The molecule has 7 nitrogen and oxygen atoms in total. The van der Waals surface area contributed by atoms with Crippen LogP contribution in [0.15, 0.2) is 53.5 Å². The summed E-state index contributed by atoms with van der Waals surface area (Å²) in [4.78, 5) is 31.8. The monoisotopic (exact) mass is 421 g/mol. The maximum Gasteiger partial charge on any atom is 0.253 e. The average Bonchev–Trinajstić information content (AvgIpc) is 2.80. The van der Waals surface area contributed by atoms with Crippen LogP contribution in [0, 0.1) is 0 Å². The third-order valence-corrected chi connectivity index (χ3v) is 5.32. The van der Waals surface area contributed by atoms with Crippen molar-refractivity contribution in [1.82, 2.24) is 15.5 Å². The molecule has 0 saturated carbocycles. The molecule has 31 heavy (non-hydrogen) atoms. The number of hydrogen-bond acceptors (Lipinski definition) is 3. The molecular weight excluding hydrogens is 390 g/mol. The van der Waals surface area contributed by atoms with Gasteiger partial charge in [-0.15, -0.1) is 0 Å². The quantitative estimate of drug-likeness (QED) is 0.555. The van der Waals surface area contributed by atoms with Gasteiger partial charge in [0.05, 0.1) is 0 Å². The van der Waals surface area contributed by atoms with Gasteiger partial charge in [0.15, 0.2) is 5.96 Å². The molecular formula is C24H31N5O2. The number of nitrogens with one attached hydrogen (secondary N) is 2. The summed E-state index contributed by atoms with van der Waals surface area (Å²) in [6.45, 7) is 2.04. The number of piperidine rings is 1. The number of guanidine groups is 1. The van der Waals surface area contributed by atoms with Crippen LogP contribution in [-0.4, -0.2) is 50.4 Å². The highest BCUT2D eigenvalue weighted by molar-refractivity contribution is 5.94. The summed E-state index contributed by atoms with van der Waals surface area (Å²) in [5.74, 6) is 0.900. The maximum absolute atomic E-state index is 12.1. The van der Waals surface area contributed by atoms with Crippen LogP contribution in [0.4, 0.5) is 5.69 Å². The van der Waals surface area contributed by atoms with Crippen LogP contribution in [0.1, 0.15) is 40.7 Å². The second kappa shape index (κ2) is 10.6. The Morgan fingerprint density at radius 3 is 2.06 bits per heavy atom. The Morgan fingerprint density at radius 2 is 1.55 bits per heavy atom. The Balaban J connectivity index is 1.49. The standard InChI is InChI=1S/C24H31N5O2/c1-25-24(26-16-18-7-11-20(12-8-18)23(31)28(2)3)27-17-19-9-13-21(14-10-19)29-15-5-4-6-22(29)30/h7-14H,4-6,15-17H2,1-3H3,(H2,25,26,27). The highest BCUT2D eigenvalue weighted by Gasteiger charge is 2.19. The first-order chi connectivity index (χ1) is 15.0. The van der Waals surface area contributed by atoms with Gasteiger partial charge in [-0.25, -0.2) is 0 Å². The lowest BCUT2D eigenvalue weighted by Crippen LogP contribution is -2.36. The molecule has 0 atom stereocenters. The Labute approximate surface area is 184 Å². The highest BCUT2D eigenvalue weighted by Crippen LogP contribution is 2.21. The second-order valence-corrected chi connectivity index (χ2v) is 7.84. The molecule has 2 N–H and O–H groups in total. The molecule has 0 aliphatic carbocycles. The minimum atomic E-state index is -0.00680. The zero-order valence-corrected chi connectivity index (χ0v) is 18.5. The van der Waals surface area contributed by atoms with E-state index in [1.807, 2.05) is 53.4 Å². The smallest absolute Gasteiger partial charge is 0.253 e. The van der Waals surface area contributed by atoms with Crippen molar-refractivity contribution in [1.29, 1.82) is 0 Å². The second-order valence-electron chi connectivity index (χ2n) is 7.84. The zero-order chi connectivity index (χ0) is 22.2. The van der Waals surface area contributed by atoms with E-state index in [2.05, 4.69) is 15.6 Å². The van der Waals surface area contributed by atoms with E-state index in [0.717, 1.165) is 36.2 Å². The van der Waals surface area contributed by atoms with E-state index in [4.69, 9.17) is 0 Å². The number of carbonyl (C=O) groups is 2. The Morgan fingerprint density at radius 1 is 0.968 bits per heavy atom. The Kier molecular flexibility index (Phi) is 7.65. The van der Waals surface area contributed by atoms with Gasteiger partial charge in [-0.1, -0.05) is 24.3 Å². The molecule has 1 aliphatic rings. The molecule has 2 aromatic carbocycles. The molecule has 2 aromatic rings. The molecule has 0 aromatic heterocycles. The molecule has 0 radical (unpaired) electrons. The minimum Gasteiger partial charge on any atom is -0.352 e. The molecule has 1 heterocycles. The molecule has 0 bridgehead atoms. The van der Waals surface area contributed by atoms with Crippen molar-refractivity contribution in [3.05, 3.63) is 65.2 Å². The molecule has 164 valence electrons. The van der Waals surface area contributed by atoms with Crippen LogP contribution in [-0.2, 0) is 17.9 Å². The van der Waals surface area contributed by atoms with Gasteiger partial charge in [0, 0.05) is 58.4 Å². The van der Waals surface area contributed by atoms with E-state index >= 15 is 0 Å². The Bertz CT molecular complexity index is 920. The molecule has 1 fully saturated rings. The number of benzene rings is 2. The lowest BCUT2D eigenvalue weighted by atomic mass is 10.1. The number of anilines is 1. The summed E-state index contributed by atoms with van der Waals surface area (Å²) in [7, 11) is 5.22. The fraction of sp³-hybridized carbons (Fsp3) is 0.375. The molecule has 7 heteroatoms. The minimum absolute atomic E-state index is 0.00680. The van der Waals surface area contributed by atoms with Gasteiger partial charge >= 0.3 is 0 Å². The summed E-state index contributed by atoms with van der Waals surface area (Å²) in [5.41, 5.74) is 3.81. The number of hydrogen-bond donors (Lipinski definition) is 2. The normalized spacial score (nSPS) is 14.4. The molecule has 1 aliphatic heterocycles. The largest absolute Gasteiger partial charge is 0.352 e. The molecule has 0 unspecified atom stereocenters. The lowest BCUT2D eigenvalue weighted by Gasteiger charge is -2.26. The fourth-order valence-corrected chi connectivity index (χ4v) is 3.49. The number of carbonyl (C=O) groups excluding carboxylic acids is 2. The number of rotatable bonds is 6. The Hall–Kier alpha value is -3.35. The van der Waals surface area contributed by atoms with E-state index in [-0.39, 0.29) is 11.8 Å². The first-order valence-electron chi connectivity index (χ1n) is 10.6. The van der Waals surface area contributed by atoms with Gasteiger partial charge in [0.25, 0.3) is 5.91 Å². The average molecular weight is 422 g/mol. The number of aliphatic imine (C=N–C) groups is 1. The molecule has 0 spiro atoms. The third-order valence-electron chi connectivity index (χ3n) is 5.32. The highest BCUT2D eigenvalue weighted by atomic mass is 16.2. The van der Waals surface area contributed by atoms with Gasteiger partial charge in [0.2, 0.25) is 5.91 Å². The maximum atomic E-state index is 12.1. The van der Waals surface area contributed by atoms with Crippen LogP contribution in [0.2, 0.25) is 0 Å². The van der Waals surface area contributed by atoms with Crippen molar-refractivity contribution >= 4 is 23.5 Å². The van der Waals surface area contributed by atoms with E-state index in [9.17, 15) is 9.59 Å². The van der Waals surface area contributed by atoms with Gasteiger partial charge in [-0.05, 0) is 48.2 Å². The van der Waals surface area contributed by atoms with Crippen LogP contribution >= 0.6 is 0 Å². The predicted octanol–water partition coefficient (Wildman–Crippen LogP) is 2.77. The molecule has 2 amide bonds. The van der Waals surface area contributed by atoms with Gasteiger partial charge in [-0.3, -0.25) is 14.6 Å². The first kappa shape index (κ1) is 22.3. The van der Waals surface area contributed by atoms with Gasteiger partial charge < -0.3 is 20.4 Å². The first-order valence-corrected chi connectivity index (χ1v) is 10.6. The van der Waals surface area contributed by atoms with Crippen molar-refractivity contribution in [2.75, 3.05) is 32.6 Å². The third kappa shape index (κ3) is 6.07. The van der Waals surface area contributed by atoms with Crippen LogP contribution in [0.5, 0.6) is 0 Å². The van der Waals surface area contributed by atoms with E-state index in [0.29, 0.717) is 31.0 Å². The van der Waals surface area contributed by atoms with Crippen molar-refractivity contribution in [2.24, 2.45) is 4.99 Å². The number of amides is 2. The fourth-order valence-electron chi connectivity index (χ4n) is 3.49. The van der Waals surface area contributed by atoms with Crippen molar-refractivity contribution in [3.8, 4) is 0 Å². The SMILES string of the molecule is CN=C(NCc1ccc(C(=O)N(C)C)cc1)NCc1ccc(N2CCCCC2=O)cc1. The summed E-state index contributed by atoms with van der Waals surface area (Å²) in [6.07, 6.45) is 2.69. The van der Waals surface area contributed by atoms with Gasteiger partial charge in [0.1, 0.15) is 0 Å². The van der Waals surface area contributed by atoms with E-state index in [1.165, 1.54) is 0 Å². The van der Waals surface area contributed by atoms with Crippen LogP contribution < -0.4 is 15.5 Å². The summed E-state index contributed by atoms with van der Waals surface area (Å²) in [6, 6.07) is 15.7. The van der Waals surface area contributed by atoms with Crippen LogP contribution in [0.25, 0.3) is 0 Å². The van der Waals surface area contributed by atoms with E-state index < -0.39 is 0 Å². The van der Waals surface area contributed by atoms with Crippen molar-refractivity contribution in [3.63, 3.8) is 0 Å². The van der Waals surface area contributed by atoms with Crippen LogP contribution in [0.3, 0.4) is 0 Å². The molecule has 3 rings (SSSR count). The van der Waals surface area contributed by atoms with Gasteiger partial charge in [-0.2, -0.15) is 0 Å². The number of nitrogens with zero attached hydrogens (tertiary/aromatic N) is 3. The topological polar surface area (TPSA) is 77.0 Å². The predicted molar refractivity (Wildman–Crippen MR) is 124 cm³/mol. The van der Waals surface area contributed by atoms with Crippen molar-refractivity contribution < 1.29 is 9.59 Å². The summed E-state index contributed by atoms with van der Waals surface area (Å²) >= 11 is 0. The summed E-state index contributed by atoms with van der Waals surface area (Å²) in [5, 5.41) is 6.59. The summed E-state index contributed by atoms with van der Waals surface area (Å²) < 4.78 is 0. The van der Waals surface area contributed by atoms with Crippen molar-refractivity contribution in [2.45, 2.75) is 32.4 Å². The zero-order valence-electron chi connectivity index (χ0n) is 18.5. The molecule has 1 saturated heterocycles. The van der Waals surface area contributed by atoms with E-state index in [1.54, 1.807) is 26.0 Å².